The Morgan fingerprint density at radius 2 is 1.97 bits per heavy atom. The number of aromatic nitrogens is 4. The maximum Gasteiger partial charge on any atom is 0.275 e. The Hall–Kier alpha value is -4.44. The SMILES string of the molecule is CN1C(=O)[C@@H](N2CCc3c(nn(Cc4ccccc4)c3Cl)C2=O)Cc2cn(-c3ccon3)c3cc(F)cc1c23. The van der Waals surface area contributed by atoms with Gasteiger partial charge in [0.05, 0.1) is 17.7 Å². The number of hydrogen-bond acceptors (Lipinski definition) is 5. The van der Waals surface area contributed by atoms with E-state index in [4.69, 9.17) is 16.1 Å². The minimum atomic E-state index is -0.805. The van der Waals surface area contributed by atoms with Crippen molar-refractivity contribution >= 4 is 40.0 Å². The lowest BCUT2D eigenvalue weighted by Crippen LogP contribution is -2.53. The van der Waals surface area contributed by atoms with Gasteiger partial charge in [0.1, 0.15) is 23.3 Å². The Morgan fingerprint density at radius 1 is 1.15 bits per heavy atom. The van der Waals surface area contributed by atoms with Crippen molar-refractivity contribution in [2.75, 3.05) is 18.5 Å². The average molecular weight is 545 g/mol. The number of anilines is 1. The predicted molar refractivity (Wildman–Crippen MR) is 142 cm³/mol. The van der Waals surface area contributed by atoms with Crippen LogP contribution in [-0.4, -0.2) is 55.9 Å². The zero-order chi connectivity index (χ0) is 26.8. The maximum atomic E-state index is 14.8. The molecule has 0 N–H and O–H groups in total. The summed E-state index contributed by atoms with van der Waals surface area (Å²) in [6.45, 7) is 0.740. The highest BCUT2D eigenvalue weighted by Gasteiger charge is 2.41. The average Bonchev–Trinajstić information content (AvgIpc) is 3.65. The number of rotatable bonds is 4. The van der Waals surface area contributed by atoms with Crippen molar-refractivity contribution in [1.82, 2.24) is 24.4 Å². The zero-order valence-electron chi connectivity index (χ0n) is 20.8. The second-order valence-corrected chi connectivity index (χ2v) is 10.2. The molecule has 0 spiro atoms. The standard InChI is InChI=1S/C28H22ClFN6O3/c1-33-20-12-18(30)13-21-24(20)17(15-35(21)23-8-10-39-32-23)11-22(27(33)37)34-9-7-19-25(28(34)38)31-36(26(19)29)14-16-5-3-2-4-6-16/h2-6,8,10,12-13,15,22H,7,9,11,14H2,1H3/t22-/m0/s1. The highest BCUT2D eigenvalue weighted by molar-refractivity contribution is 6.31. The van der Waals surface area contributed by atoms with Gasteiger partial charge < -0.3 is 14.3 Å². The van der Waals surface area contributed by atoms with Crippen LogP contribution >= 0.6 is 11.6 Å². The van der Waals surface area contributed by atoms with E-state index >= 15 is 0 Å². The Bertz CT molecular complexity index is 1760. The van der Waals surface area contributed by atoms with Gasteiger partial charge >= 0.3 is 0 Å². The summed E-state index contributed by atoms with van der Waals surface area (Å²) in [5, 5.41) is 9.73. The minimum absolute atomic E-state index is 0.253. The van der Waals surface area contributed by atoms with Crippen LogP contribution in [0.3, 0.4) is 0 Å². The maximum absolute atomic E-state index is 14.8. The van der Waals surface area contributed by atoms with Crippen LogP contribution < -0.4 is 4.90 Å². The van der Waals surface area contributed by atoms with Crippen molar-refractivity contribution in [1.29, 1.82) is 0 Å². The second kappa shape index (κ2) is 8.81. The molecule has 1 atom stereocenters. The van der Waals surface area contributed by atoms with Crippen LogP contribution in [0.15, 0.2) is 65.5 Å². The second-order valence-electron chi connectivity index (χ2n) is 9.83. The molecule has 11 heteroatoms. The van der Waals surface area contributed by atoms with Crippen LogP contribution in [0.2, 0.25) is 5.15 Å². The fourth-order valence-corrected chi connectivity index (χ4v) is 5.99. The molecule has 0 saturated heterocycles. The molecule has 3 aromatic heterocycles. The molecule has 196 valence electrons. The predicted octanol–water partition coefficient (Wildman–Crippen LogP) is 4.24. The van der Waals surface area contributed by atoms with Gasteiger partial charge in [-0.05, 0) is 29.7 Å². The van der Waals surface area contributed by atoms with Gasteiger partial charge in [-0.3, -0.25) is 14.2 Å². The van der Waals surface area contributed by atoms with Gasteiger partial charge in [-0.25, -0.2) is 9.07 Å². The van der Waals surface area contributed by atoms with Crippen molar-refractivity contribution in [3.8, 4) is 5.82 Å². The summed E-state index contributed by atoms with van der Waals surface area (Å²) in [6.07, 6.45) is 4.00. The number of fused-ring (bicyclic) bond motifs is 1. The largest absolute Gasteiger partial charge is 0.363 e. The molecule has 7 rings (SSSR count). The molecular formula is C28H22ClFN6O3. The normalized spacial score (nSPS) is 17.2. The molecular weight excluding hydrogens is 523 g/mol. The molecule has 0 bridgehead atoms. The third kappa shape index (κ3) is 3.66. The summed E-state index contributed by atoms with van der Waals surface area (Å²) in [7, 11) is 1.61. The number of carbonyl (C=O) groups is 2. The first-order valence-corrected chi connectivity index (χ1v) is 12.9. The zero-order valence-corrected chi connectivity index (χ0v) is 21.6. The van der Waals surface area contributed by atoms with Crippen LogP contribution in [0.4, 0.5) is 10.1 Å². The van der Waals surface area contributed by atoms with E-state index in [-0.39, 0.29) is 23.9 Å². The molecule has 0 unspecified atom stereocenters. The summed E-state index contributed by atoms with van der Waals surface area (Å²) >= 11 is 6.65. The molecule has 0 fully saturated rings. The number of hydrogen-bond donors (Lipinski definition) is 0. The van der Waals surface area contributed by atoms with E-state index in [1.54, 1.807) is 27.3 Å². The molecule has 5 aromatic rings. The first-order valence-electron chi connectivity index (χ1n) is 12.5. The molecule has 39 heavy (non-hydrogen) atoms. The monoisotopic (exact) mass is 544 g/mol. The van der Waals surface area contributed by atoms with Crippen molar-refractivity contribution in [3.63, 3.8) is 0 Å². The molecule has 2 aromatic carbocycles. The first-order chi connectivity index (χ1) is 18.9. The number of amides is 2. The lowest BCUT2D eigenvalue weighted by atomic mass is 10.0. The van der Waals surface area contributed by atoms with Crippen molar-refractivity contribution in [3.05, 3.63) is 94.3 Å². The lowest BCUT2D eigenvalue weighted by Gasteiger charge is -2.34. The Kier molecular flexibility index (Phi) is 5.34. The molecule has 2 aliphatic heterocycles. The van der Waals surface area contributed by atoms with E-state index in [9.17, 15) is 14.0 Å². The summed E-state index contributed by atoms with van der Waals surface area (Å²) in [6, 6.07) is 13.4. The lowest BCUT2D eigenvalue weighted by molar-refractivity contribution is -0.122. The molecule has 0 radical (unpaired) electrons. The topological polar surface area (TPSA) is 89.4 Å². The van der Waals surface area contributed by atoms with Gasteiger partial charge in [-0.1, -0.05) is 47.1 Å². The number of carbonyl (C=O) groups excluding carboxylic acids is 2. The number of halogens is 2. The molecule has 2 amide bonds. The summed E-state index contributed by atoms with van der Waals surface area (Å²) in [5.41, 5.74) is 3.76. The van der Waals surface area contributed by atoms with Gasteiger partial charge in [0.2, 0.25) is 5.91 Å². The highest BCUT2D eigenvalue weighted by Crippen LogP contribution is 2.38. The van der Waals surface area contributed by atoms with Crippen molar-refractivity contribution in [2.45, 2.75) is 25.4 Å². The number of nitrogens with zero attached hydrogens (tertiary/aromatic N) is 6. The Morgan fingerprint density at radius 3 is 2.74 bits per heavy atom. The van der Waals surface area contributed by atoms with Gasteiger partial charge in [-0.15, -0.1) is 0 Å². The molecule has 2 aliphatic rings. The van der Waals surface area contributed by atoms with Gasteiger partial charge in [-0.2, -0.15) is 5.10 Å². The van der Waals surface area contributed by atoms with E-state index in [1.807, 2.05) is 36.5 Å². The van der Waals surface area contributed by atoms with E-state index < -0.39 is 11.9 Å². The smallest absolute Gasteiger partial charge is 0.275 e. The number of likely N-dealkylation sites (N-methyl/N-ethyl adjacent to an activating group) is 1. The van der Waals surface area contributed by atoms with Crippen LogP contribution in [-0.2, 0) is 24.2 Å². The molecule has 0 saturated carbocycles. The Labute approximate surface area is 226 Å². The van der Waals surface area contributed by atoms with Gasteiger partial charge in [0.25, 0.3) is 5.91 Å². The summed E-state index contributed by atoms with van der Waals surface area (Å²) in [5.74, 6) is -0.632. The van der Waals surface area contributed by atoms with Crippen LogP contribution in [0, 0.1) is 5.82 Å². The third-order valence-electron chi connectivity index (χ3n) is 7.59. The molecule has 0 aliphatic carbocycles. The molecule has 5 heterocycles. The molecule has 9 nitrogen and oxygen atoms in total. The van der Waals surface area contributed by atoms with E-state index in [0.717, 1.165) is 16.5 Å². The summed E-state index contributed by atoms with van der Waals surface area (Å²) < 4.78 is 23.1. The van der Waals surface area contributed by atoms with Gasteiger partial charge in [0, 0.05) is 43.2 Å². The fraction of sp³-hybridized carbons (Fsp3) is 0.214. The van der Waals surface area contributed by atoms with Crippen LogP contribution in [0.5, 0.6) is 0 Å². The van der Waals surface area contributed by atoms with Crippen molar-refractivity contribution in [2.24, 2.45) is 0 Å². The van der Waals surface area contributed by atoms with E-state index in [1.165, 1.54) is 23.3 Å². The van der Waals surface area contributed by atoms with Crippen LogP contribution in [0.25, 0.3) is 16.7 Å². The minimum Gasteiger partial charge on any atom is -0.363 e. The quantitative estimate of drug-likeness (QED) is 0.338. The fourth-order valence-electron chi connectivity index (χ4n) is 5.71. The van der Waals surface area contributed by atoms with E-state index in [2.05, 4.69) is 10.3 Å². The first kappa shape index (κ1) is 23.7. The van der Waals surface area contributed by atoms with E-state index in [0.29, 0.717) is 47.2 Å². The Balaban J connectivity index is 1.27. The van der Waals surface area contributed by atoms with Crippen LogP contribution in [0.1, 0.15) is 27.2 Å². The highest BCUT2D eigenvalue weighted by atomic mass is 35.5. The number of benzene rings is 2. The third-order valence-corrected chi connectivity index (χ3v) is 8.01. The van der Waals surface area contributed by atoms with Gasteiger partial charge in [0.15, 0.2) is 11.5 Å². The summed E-state index contributed by atoms with van der Waals surface area (Å²) in [4.78, 5) is 30.6. The van der Waals surface area contributed by atoms with Crippen molar-refractivity contribution < 1.29 is 18.5 Å².